The maximum Gasteiger partial charge on any atom is 0.150 e. The molecule has 126 valence electrons. The quantitative estimate of drug-likeness (QED) is 0.623. The van der Waals surface area contributed by atoms with Crippen molar-refractivity contribution < 1.29 is 9.59 Å². The lowest BCUT2D eigenvalue weighted by atomic mass is 10.2. The van der Waals surface area contributed by atoms with Crippen LogP contribution in [0.4, 0.5) is 11.4 Å². The summed E-state index contributed by atoms with van der Waals surface area (Å²) in [6.45, 7) is 0. The number of carbonyl (C=O) groups excluding carboxylic acids is 2. The summed E-state index contributed by atoms with van der Waals surface area (Å²) in [6, 6.07) is 15.5. The zero-order valence-electron chi connectivity index (χ0n) is 14.6. The molecule has 2 aromatic carbocycles. The monoisotopic (exact) mass is 324 g/mol. The Kier molecular flexibility index (Phi) is 7.99. The molecule has 0 aromatic heterocycles. The first-order valence-electron chi connectivity index (χ1n) is 7.59. The number of aldehydes is 2. The molecule has 0 spiro atoms. The van der Waals surface area contributed by atoms with Crippen molar-refractivity contribution in [2.75, 3.05) is 38.0 Å². The number of benzene rings is 2. The lowest BCUT2D eigenvalue weighted by Gasteiger charge is -2.11. The first kappa shape index (κ1) is 19.2. The SMILES string of the molecule is CN(C)c1ccc(C=CC=O)cc1.CN(C)c1ccc(C=O)cc1. The van der Waals surface area contributed by atoms with Crippen molar-refractivity contribution in [1.82, 2.24) is 0 Å². The molecule has 0 aliphatic heterocycles. The Morgan fingerprint density at radius 1 is 0.667 bits per heavy atom. The van der Waals surface area contributed by atoms with Crippen LogP contribution in [0.25, 0.3) is 6.08 Å². The number of allylic oxidation sites excluding steroid dienone is 1. The van der Waals surface area contributed by atoms with Crippen molar-refractivity contribution in [3.8, 4) is 0 Å². The largest absolute Gasteiger partial charge is 0.378 e. The molecule has 0 aliphatic carbocycles. The molecule has 2 rings (SSSR count). The van der Waals surface area contributed by atoms with Crippen molar-refractivity contribution in [1.29, 1.82) is 0 Å². The maximum absolute atomic E-state index is 10.3. The van der Waals surface area contributed by atoms with Crippen LogP contribution in [0.2, 0.25) is 0 Å². The van der Waals surface area contributed by atoms with Gasteiger partial charge in [0.25, 0.3) is 0 Å². The fourth-order valence-corrected chi connectivity index (χ4v) is 1.89. The molecule has 0 N–H and O–H groups in total. The smallest absolute Gasteiger partial charge is 0.150 e. The van der Waals surface area contributed by atoms with Gasteiger partial charge < -0.3 is 9.80 Å². The molecule has 24 heavy (non-hydrogen) atoms. The molecule has 0 fully saturated rings. The van der Waals surface area contributed by atoms with Crippen LogP contribution in [0.1, 0.15) is 15.9 Å². The van der Waals surface area contributed by atoms with E-state index in [0.717, 1.165) is 35.1 Å². The molecule has 0 atom stereocenters. The standard InChI is InChI=1S/C11H13NO.C9H11NO/c1-12(2)11-7-5-10(6-8-11)4-3-9-13;1-10(2)9-5-3-8(7-11)4-6-9/h3-9H,1-2H3;3-7H,1-2H3. The summed E-state index contributed by atoms with van der Waals surface area (Å²) in [7, 11) is 7.93. The molecular weight excluding hydrogens is 300 g/mol. The van der Waals surface area contributed by atoms with Crippen LogP contribution in [-0.2, 0) is 4.79 Å². The zero-order chi connectivity index (χ0) is 17.9. The van der Waals surface area contributed by atoms with E-state index in [1.807, 2.05) is 86.5 Å². The van der Waals surface area contributed by atoms with Crippen LogP contribution in [0.3, 0.4) is 0 Å². The fourth-order valence-electron chi connectivity index (χ4n) is 1.89. The van der Waals surface area contributed by atoms with Gasteiger partial charge in [-0.15, -0.1) is 0 Å². The Hall–Kier alpha value is -2.88. The minimum atomic E-state index is 0.718. The first-order chi connectivity index (χ1) is 11.5. The minimum absolute atomic E-state index is 0.718. The number of hydrogen-bond donors (Lipinski definition) is 0. The highest BCUT2D eigenvalue weighted by Crippen LogP contribution is 2.12. The van der Waals surface area contributed by atoms with Crippen LogP contribution in [0, 0.1) is 0 Å². The Labute approximate surface area is 144 Å². The highest BCUT2D eigenvalue weighted by molar-refractivity contribution is 5.75. The number of hydrogen-bond acceptors (Lipinski definition) is 4. The van der Waals surface area contributed by atoms with Gasteiger partial charge in [0.1, 0.15) is 12.6 Å². The van der Waals surface area contributed by atoms with Gasteiger partial charge in [-0.2, -0.15) is 0 Å². The predicted octanol–water partition coefficient (Wildman–Crippen LogP) is 3.53. The van der Waals surface area contributed by atoms with Gasteiger partial charge in [0.15, 0.2) is 0 Å². The van der Waals surface area contributed by atoms with Crippen molar-refractivity contribution in [3.63, 3.8) is 0 Å². The Bertz CT molecular complexity index is 657. The Morgan fingerprint density at radius 2 is 1.08 bits per heavy atom. The summed E-state index contributed by atoms with van der Waals surface area (Å²) in [5.41, 5.74) is 4.02. The van der Waals surface area contributed by atoms with Crippen LogP contribution >= 0.6 is 0 Å². The van der Waals surface area contributed by atoms with Crippen molar-refractivity contribution in [3.05, 3.63) is 65.7 Å². The lowest BCUT2D eigenvalue weighted by molar-refractivity contribution is -0.104. The predicted molar refractivity (Wildman–Crippen MR) is 102 cm³/mol. The highest BCUT2D eigenvalue weighted by Gasteiger charge is 1.93. The second kappa shape index (κ2) is 10.0. The number of carbonyl (C=O) groups is 2. The van der Waals surface area contributed by atoms with Gasteiger partial charge in [0.05, 0.1) is 0 Å². The van der Waals surface area contributed by atoms with Crippen LogP contribution in [-0.4, -0.2) is 40.8 Å². The van der Waals surface area contributed by atoms with Crippen molar-refractivity contribution >= 4 is 30.0 Å². The van der Waals surface area contributed by atoms with Gasteiger partial charge in [-0.1, -0.05) is 18.2 Å². The van der Waals surface area contributed by atoms with E-state index < -0.39 is 0 Å². The van der Waals surface area contributed by atoms with E-state index in [-0.39, 0.29) is 0 Å². The van der Waals surface area contributed by atoms with E-state index >= 15 is 0 Å². The summed E-state index contributed by atoms with van der Waals surface area (Å²) in [4.78, 5) is 24.4. The van der Waals surface area contributed by atoms with E-state index in [0.29, 0.717) is 0 Å². The van der Waals surface area contributed by atoms with Crippen LogP contribution in [0.15, 0.2) is 54.6 Å². The molecular formula is C20H24N2O2. The van der Waals surface area contributed by atoms with E-state index in [9.17, 15) is 9.59 Å². The second-order valence-electron chi connectivity index (χ2n) is 5.58. The topological polar surface area (TPSA) is 40.6 Å². The third-order valence-electron chi connectivity index (χ3n) is 3.32. The minimum Gasteiger partial charge on any atom is -0.378 e. The van der Waals surface area contributed by atoms with Crippen LogP contribution in [0.5, 0.6) is 0 Å². The molecule has 4 heteroatoms. The number of rotatable bonds is 5. The fraction of sp³-hybridized carbons (Fsp3) is 0.200. The average Bonchev–Trinajstić information content (AvgIpc) is 2.61. The molecule has 0 amide bonds. The third-order valence-corrected chi connectivity index (χ3v) is 3.32. The molecule has 0 bridgehead atoms. The third kappa shape index (κ3) is 6.48. The Balaban J connectivity index is 0.000000243. The summed E-state index contributed by atoms with van der Waals surface area (Å²) in [6.07, 6.45) is 4.90. The van der Waals surface area contributed by atoms with E-state index in [1.165, 1.54) is 6.08 Å². The highest BCUT2D eigenvalue weighted by atomic mass is 16.1. The lowest BCUT2D eigenvalue weighted by Crippen LogP contribution is -2.08. The van der Waals surface area contributed by atoms with E-state index in [1.54, 1.807) is 6.08 Å². The molecule has 0 saturated heterocycles. The molecule has 0 radical (unpaired) electrons. The zero-order valence-corrected chi connectivity index (χ0v) is 14.6. The number of anilines is 2. The summed E-state index contributed by atoms with van der Waals surface area (Å²) in [5.74, 6) is 0. The van der Waals surface area contributed by atoms with Gasteiger partial charge in [-0.3, -0.25) is 9.59 Å². The number of nitrogens with zero attached hydrogens (tertiary/aromatic N) is 2. The van der Waals surface area contributed by atoms with Gasteiger partial charge in [-0.05, 0) is 48.0 Å². The van der Waals surface area contributed by atoms with Gasteiger partial charge in [0, 0.05) is 45.1 Å². The first-order valence-corrected chi connectivity index (χ1v) is 7.59. The average molecular weight is 324 g/mol. The molecule has 0 unspecified atom stereocenters. The van der Waals surface area contributed by atoms with E-state index in [2.05, 4.69) is 0 Å². The normalized spacial score (nSPS) is 9.83. The van der Waals surface area contributed by atoms with Gasteiger partial charge >= 0.3 is 0 Å². The molecule has 0 aliphatic rings. The second-order valence-corrected chi connectivity index (χ2v) is 5.58. The van der Waals surface area contributed by atoms with Gasteiger partial charge in [-0.25, -0.2) is 0 Å². The summed E-state index contributed by atoms with van der Waals surface area (Å²) < 4.78 is 0. The van der Waals surface area contributed by atoms with Crippen LogP contribution < -0.4 is 9.80 Å². The molecule has 0 heterocycles. The maximum atomic E-state index is 10.3. The molecule has 2 aromatic rings. The molecule has 4 nitrogen and oxygen atoms in total. The summed E-state index contributed by atoms with van der Waals surface area (Å²) >= 11 is 0. The Morgan fingerprint density at radius 3 is 1.42 bits per heavy atom. The summed E-state index contributed by atoms with van der Waals surface area (Å²) in [5, 5.41) is 0. The van der Waals surface area contributed by atoms with Gasteiger partial charge in [0.2, 0.25) is 0 Å². The van der Waals surface area contributed by atoms with Crippen molar-refractivity contribution in [2.24, 2.45) is 0 Å². The van der Waals surface area contributed by atoms with Crippen molar-refractivity contribution in [2.45, 2.75) is 0 Å². The van der Waals surface area contributed by atoms with E-state index in [4.69, 9.17) is 0 Å². The molecule has 0 saturated carbocycles.